The fraction of sp³-hybridized carbons (Fsp3) is 0.671. The lowest BCUT2D eigenvalue weighted by molar-refractivity contribution is -0.870. The van der Waals surface area contributed by atoms with Gasteiger partial charge in [-0.2, -0.15) is 0 Å². The molecule has 0 aromatic carbocycles. The Bertz CT molecular complexity index is 1880. The predicted molar refractivity (Wildman–Crippen MR) is 357 cm³/mol. The van der Waals surface area contributed by atoms with Gasteiger partial charge >= 0.3 is 5.97 Å². The number of carbonyl (C=O) groups is 2. The van der Waals surface area contributed by atoms with Gasteiger partial charge in [0.2, 0.25) is 5.91 Å². The van der Waals surface area contributed by atoms with E-state index < -0.39 is 26.6 Å². The molecule has 0 rings (SSSR count). The molecule has 9 nitrogen and oxygen atoms in total. The van der Waals surface area contributed by atoms with E-state index in [2.05, 4.69) is 148 Å². The van der Waals surface area contributed by atoms with Crippen molar-refractivity contribution in [3.8, 4) is 0 Å². The summed E-state index contributed by atoms with van der Waals surface area (Å²) in [4.78, 5) is 40.1. The molecule has 0 fully saturated rings. The number of likely N-dealkylation sites (N-methyl/N-ethyl adjacent to an activating group) is 1. The standard InChI is InChI=1S/C73H125N2O7P/c1-7-10-13-16-19-22-25-28-30-32-33-34-35-36-37-38-39-40-41-43-45-48-51-54-57-60-63-66-73(77)82-71(64-61-58-55-52-49-46-27-24-21-18-15-12-9-3)70(69-81-83(78,79)80-68-67-75(4,5)6)74-72(76)65-62-59-56-53-50-47-44-42-31-29-26-23-20-17-14-11-8-2/h10-11,13-14,19-20,22-23,28-31,33-34,36-37,44,47,53,56,61,64,70-71H,7-9,12,15-18,21,24-27,32,35,38-43,45-46,48-52,54-55,57-60,62-63,65-69H2,1-6H3,(H-,74,76,78,79)/b13-10-,14-11-,22-19-,23-20-,30-28-,31-29-,34-33-,37-36-,47-44-,56-53-,64-61-. The van der Waals surface area contributed by atoms with E-state index in [4.69, 9.17) is 13.8 Å². The Morgan fingerprint density at radius 1 is 0.434 bits per heavy atom. The highest BCUT2D eigenvalue weighted by Gasteiger charge is 2.27. The van der Waals surface area contributed by atoms with E-state index in [1.807, 2.05) is 33.3 Å². The fourth-order valence-electron chi connectivity index (χ4n) is 9.00. The Kier molecular flexibility index (Phi) is 58.4. The number of rotatable bonds is 59. The quantitative estimate of drug-likeness (QED) is 0.0212. The Morgan fingerprint density at radius 2 is 0.783 bits per heavy atom. The van der Waals surface area contributed by atoms with Crippen molar-refractivity contribution in [1.29, 1.82) is 0 Å². The van der Waals surface area contributed by atoms with Crippen LogP contribution in [-0.2, 0) is 27.9 Å². The van der Waals surface area contributed by atoms with Crippen molar-refractivity contribution in [2.75, 3.05) is 40.9 Å². The first kappa shape index (κ1) is 79.2. The molecule has 0 radical (unpaired) electrons. The average Bonchev–Trinajstić information content (AvgIpc) is 3.47. The number of carbonyl (C=O) groups excluding carboxylic acids is 2. The molecule has 83 heavy (non-hydrogen) atoms. The van der Waals surface area contributed by atoms with Gasteiger partial charge in [-0.3, -0.25) is 14.2 Å². The van der Waals surface area contributed by atoms with E-state index in [1.54, 1.807) is 0 Å². The van der Waals surface area contributed by atoms with Crippen LogP contribution in [0, 0.1) is 0 Å². The van der Waals surface area contributed by atoms with Gasteiger partial charge in [-0.05, 0) is 115 Å². The number of ether oxygens (including phenoxy) is 1. The van der Waals surface area contributed by atoms with E-state index in [-0.39, 0.29) is 31.3 Å². The highest BCUT2D eigenvalue weighted by molar-refractivity contribution is 7.45. The second kappa shape index (κ2) is 61.2. The maximum atomic E-state index is 13.5. The summed E-state index contributed by atoms with van der Waals surface area (Å²) in [5, 5.41) is 3.00. The van der Waals surface area contributed by atoms with Crippen molar-refractivity contribution < 1.29 is 37.3 Å². The number of unbranched alkanes of at least 4 members (excludes halogenated alkanes) is 23. The van der Waals surface area contributed by atoms with Gasteiger partial charge in [0.25, 0.3) is 7.82 Å². The van der Waals surface area contributed by atoms with Crippen LogP contribution in [0.3, 0.4) is 0 Å². The van der Waals surface area contributed by atoms with Gasteiger partial charge in [-0.1, -0.05) is 270 Å². The number of phosphoric acid groups is 1. The first-order valence-electron chi connectivity index (χ1n) is 33.5. The molecule has 10 heteroatoms. The molecule has 0 saturated heterocycles. The van der Waals surface area contributed by atoms with Gasteiger partial charge in [0.1, 0.15) is 19.3 Å². The van der Waals surface area contributed by atoms with Gasteiger partial charge in [-0.15, -0.1) is 0 Å². The van der Waals surface area contributed by atoms with Crippen molar-refractivity contribution in [3.05, 3.63) is 134 Å². The van der Waals surface area contributed by atoms with Crippen molar-refractivity contribution in [3.63, 3.8) is 0 Å². The summed E-state index contributed by atoms with van der Waals surface area (Å²) in [5.74, 6) is -0.618. The molecule has 3 atom stereocenters. The summed E-state index contributed by atoms with van der Waals surface area (Å²) >= 11 is 0. The number of phosphoric ester groups is 1. The number of nitrogens with one attached hydrogen (secondary N) is 1. The minimum atomic E-state index is -4.73. The molecule has 0 bridgehead atoms. The molecular weight excluding hydrogens is 1050 g/mol. The van der Waals surface area contributed by atoms with Crippen LogP contribution >= 0.6 is 7.82 Å². The number of hydrogen-bond donors (Lipinski definition) is 1. The third-order valence-electron chi connectivity index (χ3n) is 14.1. The predicted octanol–water partition coefficient (Wildman–Crippen LogP) is 20.6. The van der Waals surface area contributed by atoms with Gasteiger partial charge in [-0.25, -0.2) is 0 Å². The van der Waals surface area contributed by atoms with Crippen LogP contribution in [0.1, 0.15) is 265 Å². The third-order valence-corrected chi connectivity index (χ3v) is 15.0. The number of amides is 1. The van der Waals surface area contributed by atoms with Gasteiger partial charge in [0.15, 0.2) is 0 Å². The molecule has 1 amide bonds. The van der Waals surface area contributed by atoms with Gasteiger partial charge in [0.05, 0.1) is 33.8 Å². The molecule has 474 valence electrons. The van der Waals surface area contributed by atoms with Crippen LogP contribution in [0.2, 0.25) is 0 Å². The minimum Gasteiger partial charge on any atom is -0.756 e. The van der Waals surface area contributed by atoms with Crippen molar-refractivity contribution in [1.82, 2.24) is 5.32 Å². The maximum Gasteiger partial charge on any atom is 0.306 e. The lowest BCUT2D eigenvalue weighted by Gasteiger charge is -2.30. The number of nitrogens with zero attached hydrogens (tertiary/aromatic N) is 1. The largest absolute Gasteiger partial charge is 0.756 e. The molecule has 1 N–H and O–H groups in total. The molecule has 0 heterocycles. The molecule has 0 aliphatic rings. The van der Waals surface area contributed by atoms with Gasteiger partial charge in [0, 0.05) is 12.8 Å². The lowest BCUT2D eigenvalue weighted by Crippen LogP contribution is -2.47. The van der Waals surface area contributed by atoms with Crippen molar-refractivity contribution in [2.24, 2.45) is 0 Å². The zero-order valence-corrected chi connectivity index (χ0v) is 55.0. The molecule has 0 aliphatic carbocycles. The summed E-state index contributed by atoms with van der Waals surface area (Å²) in [5.41, 5.74) is 0. The van der Waals surface area contributed by atoms with E-state index >= 15 is 0 Å². The lowest BCUT2D eigenvalue weighted by atomic mass is 10.0. The monoisotopic (exact) mass is 1170 g/mol. The van der Waals surface area contributed by atoms with Crippen LogP contribution in [0.5, 0.6) is 0 Å². The maximum absolute atomic E-state index is 13.5. The highest BCUT2D eigenvalue weighted by atomic mass is 31.2. The Hall–Kier alpha value is -3.85. The number of allylic oxidation sites excluding steroid dienone is 21. The molecule has 0 aromatic heterocycles. The summed E-state index contributed by atoms with van der Waals surface area (Å²) < 4.78 is 30.3. The number of quaternary nitrogens is 1. The van der Waals surface area contributed by atoms with E-state index in [0.717, 1.165) is 116 Å². The minimum absolute atomic E-state index is 0.0398. The summed E-state index contributed by atoms with van der Waals surface area (Å²) in [6.07, 6.45) is 87.2. The normalized spacial score (nSPS) is 14.4. The Morgan fingerprint density at radius 3 is 1.18 bits per heavy atom. The smallest absolute Gasteiger partial charge is 0.306 e. The van der Waals surface area contributed by atoms with E-state index in [1.165, 1.54) is 103 Å². The van der Waals surface area contributed by atoms with E-state index in [9.17, 15) is 19.0 Å². The van der Waals surface area contributed by atoms with Crippen LogP contribution < -0.4 is 10.2 Å². The SMILES string of the molecule is CC/C=C\C/C=C\C/C=C\C/C=C\C/C=C\CCCCCCCCCCCCCC(=O)OC(/C=C\CCCCCCCCCCCCC)C(COP(=O)([O-])OCC[N+](C)(C)C)NC(=O)CCC/C=C\C/C=C\C/C=C\C/C=C\C/C=C\CC. The zero-order valence-electron chi connectivity index (χ0n) is 54.1. The Labute approximate surface area is 511 Å². The van der Waals surface area contributed by atoms with Crippen LogP contribution in [0.4, 0.5) is 0 Å². The number of esters is 1. The molecular formula is C73H125N2O7P. The molecule has 0 spiro atoms. The highest BCUT2D eigenvalue weighted by Crippen LogP contribution is 2.38. The first-order valence-corrected chi connectivity index (χ1v) is 35.0. The van der Waals surface area contributed by atoms with E-state index in [0.29, 0.717) is 23.9 Å². The summed E-state index contributed by atoms with van der Waals surface area (Å²) in [6, 6.07) is -0.929. The van der Waals surface area contributed by atoms with Crippen LogP contribution in [-0.4, -0.2) is 69.4 Å². The molecule has 3 unspecified atom stereocenters. The van der Waals surface area contributed by atoms with Crippen LogP contribution in [0.15, 0.2) is 134 Å². The second-order valence-corrected chi connectivity index (χ2v) is 24.6. The molecule has 0 aromatic rings. The second-order valence-electron chi connectivity index (χ2n) is 23.2. The van der Waals surface area contributed by atoms with Gasteiger partial charge < -0.3 is 28.5 Å². The fourth-order valence-corrected chi connectivity index (χ4v) is 9.72. The third kappa shape index (κ3) is 62.5. The molecule has 0 saturated carbocycles. The first-order chi connectivity index (χ1) is 40.4. The topological polar surface area (TPSA) is 114 Å². The zero-order chi connectivity index (χ0) is 60.7. The van der Waals surface area contributed by atoms with Crippen molar-refractivity contribution in [2.45, 2.75) is 277 Å². The number of hydrogen-bond acceptors (Lipinski definition) is 7. The summed E-state index contributed by atoms with van der Waals surface area (Å²) in [6.45, 7) is 6.57. The van der Waals surface area contributed by atoms with Crippen molar-refractivity contribution >= 4 is 19.7 Å². The summed E-state index contributed by atoms with van der Waals surface area (Å²) in [7, 11) is 1.13. The average molecular weight is 1170 g/mol. The van der Waals surface area contributed by atoms with Crippen LogP contribution in [0.25, 0.3) is 0 Å². The Balaban J connectivity index is 5.20. The molecule has 0 aliphatic heterocycles.